The summed E-state index contributed by atoms with van der Waals surface area (Å²) in [6.45, 7) is 0. The highest BCUT2D eigenvalue weighted by Crippen LogP contribution is 2.25. The summed E-state index contributed by atoms with van der Waals surface area (Å²) in [7, 11) is 1.45. The highest BCUT2D eigenvalue weighted by Gasteiger charge is 2.28. The van der Waals surface area contributed by atoms with Crippen LogP contribution in [0.4, 0.5) is 4.39 Å². The number of allylic oxidation sites excluding steroid dienone is 2. The molecule has 1 aromatic rings. The third-order valence-electron chi connectivity index (χ3n) is 2.95. The lowest BCUT2D eigenvalue weighted by Crippen LogP contribution is -2.20. The Labute approximate surface area is 104 Å². The van der Waals surface area contributed by atoms with E-state index in [9.17, 15) is 14.0 Å². The highest BCUT2D eigenvalue weighted by molar-refractivity contribution is 6.26. The van der Waals surface area contributed by atoms with E-state index < -0.39 is 11.6 Å². The first kappa shape index (κ1) is 12.5. The third-order valence-corrected chi connectivity index (χ3v) is 2.95. The fourth-order valence-electron chi connectivity index (χ4n) is 2.02. The molecule has 0 fully saturated rings. The van der Waals surface area contributed by atoms with Crippen LogP contribution < -0.4 is 0 Å². The fourth-order valence-corrected chi connectivity index (χ4v) is 2.02. The van der Waals surface area contributed by atoms with E-state index in [4.69, 9.17) is 4.74 Å². The van der Waals surface area contributed by atoms with Crippen LogP contribution in [-0.2, 0) is 9.53 Å². The first-order valence-electron chi connectivity index (χ1n) is 5.74. The van der Waals surface area contributed by atoms with Crippen LogP contribution in [0.15, 0.2) is 35.6 Å². The smallest absolute Gasteiger partial charge is 0.200 e. The predicted molar refractivity (Wildman–Crippen MR) is 63.6 cm³/mol. The summed E-state index contributed by atoms with van der Waals surface area (Å²) < 4.78 is 17.9. The van der Waals surface area contributed by atoms with Gasteiger partial charge in [-0.15, -0.1) is 0 Å². The number of carbonyl (C=O) groups excluding carboxylic acids is 2. The molecular weight excluding hydrogens is 235 g/mol. The number of rotatable bonds is 3. The molecule has 0 spiro atoms. The summed E-state index contributed by atoms with van der Waals surface area (Å²) in [6, 6.07) is 5.15. The number of halogens is 1. The number of hydrogen-bond acceptors (Lipinski definition) is 3. The van der Waals surface area contributed by atoms with Gasteiger partial charge in [-0.25, -0.2) is 4.39 Å². The zero-order chi connectivity index (χ0) is 13.1. The molecule has 1 aromatic carbocycles. The van der Waals surface area contributed by atoms with Crippen LogP contribution in [0, 0.1) is 5.82 Å². The van der Waals surface area contributed by atoms with E-state index in [1.807, 2.05) is 0 Å². The number of ether oxygens (including phenoxy) is 1. The minimum Gasteiger partial charge on any atom is -0.500 e. The largest absolute Gasteiger partial charge is 0.500 e. The van der Waals surface area contributed by atoms with Gasteiger partial charge in [0.25, 0.3) is 0 Å². The normalized spacial score (nSPS) is 15.8. The SMILES string of the molecule is COC1=C(C(=O)c2ccc(F)cc2)C(=O)CCC1. The van der Waals surface area contributed by atoms with E-state index in [0.29, 0.717) is 30.6 Å². The molecule has 2 rings (SSSR count). The number of benzene rings is 1. The van der Waals surface area contributed by atoms with Gasteiger partial charge in [-0.2, -0.15) is 0 Å². The van der Waals surface area contributed by atoms with E-state index in [0.717, 1.165) is 0 Å². The second-order valence-corrected chi connectivity index (χ2v) is 4.12. The summed E-state index contributed by atoms with van der Waals surface area (Å²) in [5, 5.41) is 0. The molecule has 0 saturated carbocycles. The Kier molecular flexibility index (Phi) is 3.55. The van der Waals surface area contributed by atoms with Crippen molar-refractivity contribution in [3.63, 3.8) is 0 Å². The van der Waals surface area contributed by atoms with Crippen LogP contribution in [0.5, 0.6) is 0 Å². The number of ketones is 2. The lowest BCUT2D eigenvalue weighted by atomic mass is 9.90. The van der Waals surface area contributed by atoms with E-state index >= 15 is 0 Å². The topological polar surface area (TPSA) is 43.4 Å². The molecule has 0 atom stereocenters. The number of methoxy groups -OCH3 is 1. The minimum absolute atomic E-state index is 0.107. The second-order valence-electron chi connectivity index (χ2n) is 4.12. The molecule has 3 nitrogen and oxygen atoms in total. The summed E-state index contributed by atoms with van der Waals surface area (Å²) in [5.74, 6) is -0.577. The number of carbonyl (C=O) groups is 2. The van der Waals surface area contributed by atoms with Crippen molar-refractivity contribution in [1.29, 1.82) is 0 Å². The second kappa shape index (κ2) is 5.12. The van der Waals surface area contributed by atoms with Gasteiger partial charge in [-0.1, -0.05) is 0 Å². The molecule has 1 aliphatic rings. The molecule has 0 unspecified atom stereocenters. The summed E-state index contributed by atoms with van der Waals surface area (Å²) in [5.41, 5.74) is 0.409. The van der Waals surface area contributed by atoms with E-state index in [1.165, 1.54) is 31.4 Å². The fraction of sp³-hybridized carbons (Fsp3) is 0.286. The number of Topliss-reactive ketones (excluding diaryl/α,β-unsaturated/α-hetero) is 2. The Morgan fingerprint density at radius 1 is 1.22 bits per heavy atom. The van der Waals surface area contributed by atoms with Crippen molar-refractivity contribution in [2.45, 2.75) is 19.3 Å². The average Bonchev–Trinajstić information content (AvgIpc) is 2.38. The lowest BCUT2D eigenvalue weighted by Gasteiger charge is -2.17. The van der Waals surface area contributed by atoms with Gasteiger partial charge in [0, 0.05) is 18.4 Å². The maximum atomic E-state index is 12.8. The van der Waals surface area contributed by atoms with Gasteiger partial charge in [0.1, 0.15) is 17.1 Å². The van der Waals surface area contributed by atoms with Crippen molar-refractivity contribution >= 4 is 11.6 Å². The van der Waals surface area contributed by atoms with Crippen LogP contribution in [0.3, 0.4) is 0 Å². The van der Waals surface area contributed by atoms with E-state index in [2.05, 4.69) is 0 Å². The summed E-state index contributed by atoms with van der Waals surface area (Å²) in [4.78, 5) is 24.0. The van der Waals surface area contributed by atoms with Crippen LogP contribution in [0.25, 0.3) is 0 Å². The maximum absolute atomic E-state index is 12.8. The van der Waals surface area contributed by atoms with Crippen LogP contribution in [0.1, 0.15) is 29.6 Å². The Bertz CT molecular complexity index is 514. The molecule has 1 aliphatic carbocycles. The molecule has 94 valence electrons. The molecule has 0 aromatic heterocycles. The molecule has 4 heteroatoms. The Balaban J connectivity index is 2.40. The molecule has 0 amide bonds. The molecule has 0 aliphatic heterocycles. The first-order valence-corrected chi connectivity index (χ1v) is 5.74. The van der Waals surface area contributed by atoms with Gasteiger partial charge < -0.3 is 4.74 Å². The van der Waals surface area contributed by atoms with Crippen molar-refractivity contribution in [2.75, 3.05) is 7.11 Å². The first-order chi connectivity index (χ1) is 8.63. The quantitative estimate of drug-likeness (QED) is 0.610. The monoisotopic (exact) mass is 248 g/mol. The van der Waals surface area contributed by atoms with Crippen LogP contribution in [-0.4, -0.2) is 18.7 Å². The van der Waals surface area contributed by atoms with Crippen molar-refractivity contribution in [1.82, 2.24) is 0 Å². The molecule has 0 radical (unpaired) electrons. The van der Waals surface area contributed by atoms with Gasteiger partial charge in [0.05, 0.1) is 7.11 Å². The van der Waals surface area contributed by atoms with Crippen LogP contribution in [0.2, 0.25) is 0 Å². The lowest BCUT2D eigenvalue weighted by molar-refractivity contribution is -0.116. The average molecular weight is 248 g/mol. The van der Waals surface area contributed by atoms with E-state index in [1.54, 1.807) is 0 Å². The zero-order valence-corrected chi connectivity index (χ0v) is 10.0. The van der Waals surface area contributed by atoms with Crippen LogP contribution >= 0.6 is 0 Å². The van der Waals surface area contributed by atoms with Gasteiger partial charge in [0.2, 0.25) is 0 Å². The summed E-state index contributed by atoms with van der Waals surface area (Å²) in [6.07, 6.45) is 1.64. The third kappa shape index (κ3) is 2.32. The van der Waals surface area contributed by atoms with Gasteiger partial charge in [0.15, 0.2) is 11.6 Å². The van der Waals surface area contributed by atoms with E-state index in [-0.39, 0.29) is 11.4 Å². The number of hydrogen-bond donors (Lipinski definition) is 0. The van der Waals surface area contributed by atoms with Gasteiger partial charge in [-0.05, 0) is 30.7 Å². The van der Waals surface area contributed by atoms with Gasteiger partial charge >= 0.3 is 0 Å². The Morgan fingerprint density at radius 3 is 2.50 bits per heavy atom. The molecule has 0 bridgehead atoms. The molecule has 0 N–H and O–H groups in total. The zero-order valence-electron chi connectivity index (χ0n) is 10.0. The standard InChI is InChI=1S/C14H13FO3/c1-18-12-4-2-3-11(16)13(12)14(17)9-5-7-10(15)8-6-9/h5-8H,2-4H2,1H3. The van der Waals surface area contributed by atoms with Crippen molar-refractivity contribution in [3.05, 3.63) is 47.0 Å². The van der Waals surface area contributed by atoms with Gasteiger partial charge in [-0.3, -0.25) is 9.59 Å². The Hall–Kier alpha value is -1.97. The Morgan fingerprint density at radius 2 is 1.89 bits per heavy atom. The summed E-state index contributed by atoms with van der Waals surface area (Å²) >= 11 is 0. The molecule has 0 heterocycles. The molecule has 18 heavy (non-hydrogen) atoms. The minimum atomic E-state index is -0.414. The molecule has 0 saturated heterocycles. The van der Waals surface area contributed by atoms with Crippen molar-refractivity contribution in [2.24, 2.45) is 0 Å². The molecular formula is C14H13FO3. The maximum Gasteiger partial charge on any atom is 0.200 e. The highest BCUT2D eigenvalue weighted by atomic mass is 19.1. The predicted octanol–water partition coefficient (Wildman–Crippen LogP) is 2.66. The van der Waals surface area contributed by atoms with Crippen molar-refractivity contribution < 1.29 is 18.7 Å². The van der Waals surface area contributed by atoms with Crippen molar-refractivity contribution in [3.8, 4) is 0 Å².